The van der Waals surface area contributed by atoms with E-state index in [1.165, 1.54) is 13.0 Å². The second-order valence-electron chi connectivity index (χ2n) is 4.99. The summed E-state index contributed by atoms with van der Waals surface area (Å²) in [4.78, 5) is 21.4. The summed E-state index contributed by atoms with van der Waals surface area (Å²) in [5.41, 5.74) is 1.32. The SMILES string of the molecule is CC(=O)OC/C(=C/c1ccccc1OCc1ccccc1)[N+](=O)[O-]. The summed E-state index contributed by atoms with van der Waals surface area (Å²) in [5.74, 6) is -0.0557. The first-order valence-corrected chi connectivity index (χ1v) is 7.30. The lowest BCUT2D eigenvalue weighted by molar-refractivity contribution is -0.428. The predicted octanol–water partition coefficient (Wildman–Crippen LogP) is 3.45. The van der Waals surface area contributed by atoms with Crippen LogP contribution in [0.1, 0.15) is 18.1 Å². The quantitative estimate of drug-likeness (QED) is 0.442. The Bertz CT molecular complexity index is 740. The first-order chi connectivity index (χ1) is 11.6. The molecule has 0 aromatic heterocycles. The second kappa shape index (κ2) is 8.47. The van der Waals surface area contributed by atoms with Crippen molar-refractivity contribution in [2.24, 2.45) is 0 Å². The first kappa shape index (κ1) is 17.2. The van der Waals surface area contributed by atoms with Crippen LogP contribution < -0.4 is 4.74 Å². The molecule has 0 fully saturated rings. The molecule has 6 heteroatoms. The molecule has 0 radical (unpaired) electrons. The molecule has 2 aromatic carbocycles. The fourth-order valence-corrected chi connectivity index (χ4v) is 1.97. The van der Waals surface area contributed by atoms with E-state index in [0.29, 0.717) is 17.9 Å². The van der Waals surface area contributed by atoms with Crippen LogP contribution in [0, 0.1) is 10.1 Å². The van der Waals surface area contributed by atoms with Crippen LogP contribution in [0.4, 0.5) is 0 Å². The largest absolute Gasteiger partial charge is 0.488 e. The average molecular weight is 327 g/mol. The Balaban J connectivity index is 2.18. The van der Waals surface area contributed by atoms with Crippen molar-refractivity contribution >= 4 is 12.0 Å². The van der Waals surface area contributed by atoms with E-state index >= 15 is 0 Å². The van der Waals surface area contributed by atoms with Crippen molar-refractivity contribution in [2.45, 2.75) is 13.5 Å². The lowest BCUT2D eigenvalue weighted by atomic mass is 10.1. The van der Waals surface area contributed by atoms with Crippen LogP contribution in [-0.2, 0) is 16.1 Å². The fourth-order valence-electron chi connectivity index (χ4n) is 1.97. The normalized spacial score (nSPS) is 11.0. The molecule has 0 bridgehead atoms. The number of esters is 1. The molecule has 0 heterocycles. The van der Waals surface area contributed by atoms with Crippen LogP contribution in [0.3, 0.4) is 0 Å². The van der Waals surface area contributed by atoms with Gasteiger partial charge in [-0.3, -0.25) is 14.9 Å². The standard InChI is InChI=1S/C18H17NO5/c1-14(20)23-13-17(19(21)22)11-16-9-5-6-10-18(16)24-12-15-7-3-2-4-8-15/h2-11H,12-13H2,1H3/b17-11-. The van der Waals surface area contributed by atoms with Gasteiger partial charge in [0.1, 0.15) is 12.4 Å². The first-order valence-electron chi connectivity index (χ1n) is 7.30. The van der Waals surface area contributed by atoms with E-state index in [4.69, 9.17) is 9.47 Å². The minimum Gasteiger partial charge on any atom is -0.488 e. The van der Waals surface area contributed by atoms with Gasteiger partial charge in [-0.2, -0.15) is 0 Å². The van der Waals surface area contributed by atoms with E-state index in [0.717, 1.165) is 5.56 Å². The van der Waals surface area contributed by atoms with Crippen molar-refractivity contribution in [3.8, 4) is 5.75 Å². The monoisotopic (exact) mass is 327 g/mol. The molecule has 124 valence electrons. The Morgan fingerprint density at radius 2 is 1.79 bits per heavy atom. The van der Waals surface area contributed by atoms with Gasteiger partial charge in [-0.25, -0.2) is 0 Å². The highest BCUT2D eigenvalue weighted by molar-refractivity contribution is 5.66. The van der Waals surface area contributed by atoms with Crippen molar-refractivity contribution in [2.75, 3.05) is 6.61 Å². The number of nitrogens with zero attached hydrogens (tertiary/aromatic N) is 1. The molecule has 0 spiro atoms. The summed E-state index contributed by atoms with van der Waals surface area (Å²) < 4.78 is 10.5. The van der Waals surface area contributed by atoms with E-state index < -0.39 is 17.5 Å². The number of rotatable bonds is 7. The zero-order chi connectivity index (χ0) is 17.4. The number of ether oxygens (including phenoxy) is 2. The minimum atomic E-state index is -0.573. The number of hydrogen-bond acceptors (Lipinski definition) is 5. The molecule has 0 atom stereocenters. The number of para-hydroxylation sites is 1. The Hall–Kier alpha value is -3.15. The number of hydrogen-bond donors (Lipinski definition) is 0. The zero-order valence-corrected chi connectivity index (χ0v) is 13.2. The molecule has 0 amide bonds. The van der Waals surface area contributed by atoms with Gasteiger partial charge in [-0.15, -0.1) is 0 Å². The van der Waals surface area contributed by atoms with Crippen LogP contribution in [0.5, 0.6) is 5.75 Å². The van der Waals surface area contributed by atoms with Gasteiger partial charge >= 0.3 is 5.97 Å². The zero-order valence-electron chi connectivity index (χ0n) is 13.2. The maximum Gasteiger partial charge on any atom is 0.303 e. The molecule has 0 aliphatic rings. The highest BCUT2D eigenvalue weighted by Crippen LogP contribution is 2.22. The maximum absolute atomic E-state index is 11.1. The summed E-state index contributed by atoms with van der Waals surface area (Å²) in [6.45, 7) is 1.16. The minimum absolute atomic E-state index is 0.221. The topological polar surface area (TPSA) is 78.7 Å². The van der Waals surface area contributed by atoms with E-state index in [2.05, 4.69) is 0 Å². The Labute approximate surface area is 139 Å². The van der Waals surface area contributed by atoms with Crippen LogP contribution in [0.15, 0.2) is 60.3 Å². The van der Waals surface area contributed by atoms with Crippen LogP contribution in [0.25, 0.3) is 6.08 Å². The van der Waals surface area contributed by atoms with Crippen molar-refractivity contribution < 1.29 is 19.2 Å². The molecule has 0 saturated heterocycles. The van der Waals surface area contributed by atoms with Gasteiger partial charge in [-0.1, -0.05) is 48.5 Å². The van der Waals surface area contributed by atoms with Gasteiger partial charge in [0.15, 0.2) is 6.61 Å². The molecule has 2 rings (SSSR count). The highest BCUT2D eigenvalue weighted by Gasteiger charge is 2.14. The predicted molar refractivity (Wildman–Crippen MR) is 88.8 cm³/mol. The van der Waals surface area contributed by atoms with E-state index in [-0.39, 0.29) is 5.70 Å². The Morgan fingerprint density at radius 3 is 2.46 bits per heavy atom. The van der Waals surface area contributed by atoms with Crippen molar-refractivity contribution in [1.29, 1.82) is 0 Å². The summed E-state index contributed by atoms with van der Waals surface area (Å²) in [6.07, 6.45) is 1.35. The highest BCUT2D eigenvalue weighted by atomic mass is 16.6. The third kappa shape index (κ3) is 5.24. The van der Waals surface area contributed by atoms with Gasteiger partial charge < -0.3 is 9.47 Å². The molecular weight excluding hydrogens is 310 g/mol. The van der Waals surface area contributed by atoms with Gasteiger partial charge in [0.25, 0.3) is 5.70 Å². The van der Waals surface area contributed by atoms with Gasteiger partial charge in [0.2, 0.25) is 0 Å². The Morgan fingerprint density at radius 1 is 1.12 bits per heavy atom. The van der Waals surface area contributed by atoms with Gasteiger partial charge in [0, 0.05) is 18.6 Å². The number of benzene rings is 2. The molecule has 6 nitrogen and oxygen atoms in total. The Kier molecular flexibility index (Phi) is 6.08. The lowest BCUT2D eigenvalue weighted by Crippen LogP contribution is -2.10. The molecule has 24 heavy (non-hydrogen) atoms. The molecule has 2 aromatic rings. The van der Waals surface area contributed by atoms with Crippen molar-refractivity contribution in [1.82, 2.24) is 0 Å². The third-order valence-corrected chi connectivity index (χ3v) is 3.14. The van der Waals surface area contributed by atoms with Crippen molar-refractivity contribution in [3.63, 3.8) is 0 Å². The lowest BCUT2D eigenvalue weighted by Gasteiger charge is -2.09. The molecule has 0 aliphatic carbocycles. The van der Waals surface area contributed by atoms with E-state index in [1.54, 1.807) is 24.3 Å². The molecule has 0 N–H and O–H groups in total. The molecular formula is C18H17NO5. The number of carbonyl (C=O) groups is 1. The second-order valence-corrected chi connectivity index (χ2v) is 4.99. The van der Waals surface area contributed by atoms with Crippen LogP contribution >= 0.6 is 0 Å². The summed E-state index contributed by atoms with van der Waals surface area (Å²) >= 11 is 0. The smallest absolute Gasteiger partial charge is 0.303 e. The van der Waals surface area contributed by atoms with Gasteiger partial charge in [0.05, 0.1) is 4.92 Å². The molecule has 0 unspecified atom stereocenters. The fraction of sp³-hybridized carbons (Fsp3) is 0.167. The maximum atomic E-state index is 11.1. The van der Waals surface area contributed by atoms with E-state index in [9.17, 15) is 14.9 Å². The molecule has 0 aliphatic heterocycles. The third-order valence-electron chi connectivity index (χ3n) is 3.14. The number of nitro groups is 1. The van der Waals surface area contributed by atoms with Crippen LogP contribution in [0.2, 0.25) is 0 Å². The molecule has 0 saturated carbocycles. The summed E-state index contributed by atoms with van der Waals surface area (Å²) in [6, 6.07) is 16.6. The van der Waals surface area contributed by atoms with E-state index in [1.807, 2.05) is 30.3 Å². The van der Waals surface area contributed by atoms with Crippen LogP contribution in [-0.4, -0.2) is 17.5 Å². The number of carbonyl (C=O) groups excluding carboxylic acids is 1. The average Bonchev–Trinajstić information content (AvgIpc) is 2.58. The summed E-state index contributed by atoms with van der Waals surface area (Å²) in [5, 5.41) is 11.1. The summed E-state index contributed by atoms with van der Waals surface area (Å²) in [7, 11) is 0. The van der Waals surface area contributed by atoms with Gasteiger partial charge in [-0.05, 0) is 11.6 Å². The van der Waals surface area contributed by atoms with Crippen molar-refractivity contribution in [3.05, 3.63) is 81.5 Å².